The van der Waals surface area contributed by atoms with E-state index >= 15 is 0 Å². The summed E-state index contributed by atoms with van der Waals surface area (Å²) in [6, 6.07) is 6.29. The average molecular weight is 360 g/mol. The Balaban J connectivity index is 2.02. The first-order valence-electron chi connectivity index (χ1n) is 9.92. The molecule has 27 heavy (non-hydrogen) atoms. The second kappa shape index (κ2) is 10.6. The lowest BCUT2D eigenvalue weighted by Crippen LogP contribution is -2.16. The minimum absolute atomic E-state index is 0.534. The molecule has 0 radical (unpaired) electrons. The molecule has 0 saturated heterocycles. The van der Waals surface area contributed by atoms with E-state index in [0.717, 1.165) is 28.9 Å². The van der Waals surface area contributed by atoms with Gasteiger partial charge in [0.25, 0.3) is 0 Å². The molecule has 0 heterocycles. The molecule has 0 amide bonds. The molecule has 0 aromatic heterocycles. The van der Waals surface area contributed by atoms with Gasteiger partial charge in [-0.25, -0.2) is 0 Å². The van der Waals surface area contributed by atoms with Crippen molar-refractivity contribution in [1.82, 2.24) is 0 Å². The van der Waals surface area contributed by atoms with E-state index < -0.39 is 0 Å². The van der Waals surface area contributed by atoms with Crippen LogP contribution < -0.4 is 5.32 Å². The van der Waals surface area contributed by atoms with Crippen LogP contribution in [0.3, 0.4) is 0 Å². The molecule has 0 aliphatic heterocycles. The first-order valence-corrected chi connectivity index (χ1v) is 9.92. The Morgan fingerprint density at radius 3 is 2.59 bits per heavy atom. The molecule has 1 aromatic carbocycles. The molecule has 1 aromatic rings. The second-order valence-corrected chi connectivity index (χ2v) is 7.22. The minimum Gasteiger partial charge on any atom is -0.359 e. The summed E-state index contributed by atoms with van der Waals surface area (Å²) in [5, 5.41) is 3.56. The molecule has 1 N–H and O–H groups in total. The first-order chi connectivity index (χ1) is 13.1. The predicted molar refractivity (Wildman–Crippen MR) is 123 cm³/mol. The molecule has 142 valence electrons. The van der Waals surface area contributed by atoms with Crippen LogP contribution in [0.15, 0.2) is 80.1 Å². The normalized spacial score (nSPS) is 19.8. The highest BCUT2D eigenvalue weighted by Crippen LogP contribution is 2.40. The number of hydrogen-bond donors (Lipinski definition) is 1. The SMILES string of the molecule is C=C/C=C(\C=C/C)CCC1CCCC1C(=C)Nc1ccc(C=C)c(C=C)c1. The van der Waals surface area contributed by atoms with Crippen molar-refractivity contribution in [2.45, 2.75) is 39.0 Å². The first kappa shape index (κ1) is 20.8. The molecule has 1 saturated carbocycles. The molecule has 1 aliphatic carbocycles. The Morgan fingerprint density at radius 2 is 1.93 bits per heavy atom. The van der Waals surface area contributed by atoms with Crippen molar-refractivity contribution in [2.24, 2.45) is 11.8 Å². The lowest BCUT2D eigenvalue weighted by molar-refractivity contribution is 0.413. The Hall–Kier alpha value is -2.54. The fraction of sp³-hybridized carbons (Fsp3) is 0.308. The van der Waals surface area contributed by atoms with E-state index in [1.54, 1.807) is 0 Å². The third kappa shape index (κ3) is 5.72. The van der Waals surface area contributed by atoms with Gasteiger partial charge in [-0.05, 0) is 67.4 Å². The minimum atomic E-state index is 0.534. The number of nitrogens with one attached hydrogen (secondary N) is 1. The smallest absolute Gasteiger partial charge is 0.0388 e. The van der Waals surface area contributed by atoms with Gasteiger partial charge in [0.05, 0.1) is 0 Å². The zero-order valence-electron chi connectivity index (χ0n) is 16.7. The van der Waals surface area contributed by atoms with Crippen LogP contribution in [0.5, 0.6) is 0 Å². The van der Waals surface area contributed by atoms with Gasteiger partial charge in [-0.2, -0.15) is 0 Å². The van der Waals surface area contributed by atoms with Crippen molar-refractivity contribution in [3.05, 3.63) is 91.2 Å². The standard InChI is InChI=1S/C26H33N/c1-6-11-21(12-7-2)15-16-24-13-10-14-26(24)20(5)27-25-18-17-22(8-3)23(9-4)19-25/h6-9,11-12,17-19,24,26-27H,1,3-5,10,13-16H2,2H3/b12-7-,21-11+. The second-order valence-electron chi connectivity index (χ2n) is 7.22. The van der Waals surface area contributed by atoms with Crippen LogP contribution in [-0.4, -0.2) is 0 Å². The zero-order valence-corrected chi connectivity index (χ0v) is 16.7. The van der Waals surface area contributed by atoms with Gasteiger partial charge in [-0.1, -0.05) is 75.3 Å². The molecule has 2 unspecified atom stereocenters. The lowest BCUT2D eigenvalue weighted by atomic mass is 9.87. The quantitative estimate of drug-likeness (QED) is 0.420. The molecule has 1 nitrogen and oxygen atoms in total. The maximum Gasteiger partial charge on any atom is 0.0388 e. The van der Waals surface area contributed by atoms with Crippen LogP contribution in [0.2, 0.25) is 0 Å². The Labute approximate surface area is 165 Å². The van der Waals surface area contributed by atoms with E-state index in [0.29, 0.717) is 11.8 Å². The Morgan fingerprint density at radius 1 is 1.15 bits per heavy atom. The van der Waals surface area contributed by atoms with Crippen LogP contribution in [0, 0.1) is 11.8 Å². The van der Waals surface area contributed by atoms with E-state index in [1.807, 2.05) is 18.2 Å². The van der Waals surface area contributed by atoms with E-state index in [1.165, 1.54) is 31.3 Å². The third-order valence-corrected chi connectivity index (χ3v) is 5.45. The van der Waals surface area contributed by atoms with Crippen molar-refractivity contribution < 1.29 is 0 Å². The van der Waals surface area contributed by atoms with Crippen molar-refractivity contribution in [2.75, 3.05) is 5.32 Å². The molecule has 2 rings (SSSR count). The molecule has 0 spiro atoms. The predicted octanol–water partition coefficient (Wildman–Crippen LogP) is 7.78. The highest BCUT2D eigenvalue weighted by Gasteiger charge is 2.29. The monoisotopic (exact) mass is 359 g/mol. The molecule has 1 aliphatic rings. The summed E-state index contributed by atoms with van der Waals surface area (Å²) in [5.41, 5.74) is 5.76. The fourth-order valence-corrected chi connectivity index (χ4v) is 4.07. The fourth-order valence-electron chi connectivity index (χ4n) is 4.07. The average Bonchev–Trinajstić information content (AvgIpc) is 3.15. The van der Waals surface area contributed by atoms with E-state index in [4.69, 9.17) is 0 Å². The number of hydrogen-bond acceptors (Lipinski definition) is 1. The summed E-state index contributed by atoms with van der Waals surface area (Å²) in [7, 11) is 0. The van der Waals surface area contributed by atoms with Gasteiger partial charge in [-0.3, -0.25) is 0 Å². The van der Waals surface area contributed by atoms with Gasteiger partial charge in [-0.15, -0.1) is 0 Å². The van der Waals surface area contributed by atoms with Crippen LogP contribution in [0.1, 0.15) is 50.2 Å². The molecule has 0 bridgehead atoms. The van der Waals surface area contributed by atoms with E-state index in [9.17, 15) is 0 Å². The summed E-state index contributed by atoms with van der Waals surface area (Å²) >= 11 is 0. The highest BCUT2D eigenvalue weighted by molar-refractivity contribution is 5.68. The van der Waals surface area contributed by atoms with Crippen molar-refractivity contribution in [3.8, 4) is 0 Å². The Kier molecular flexibility index (Phi) is 8.13. The number of benzene rings is 1. The van der Waals surface area contributed by atoms with Gasteiger partial charge in [0.15, 0.2) is 0 Å². The van der Waals surface area contributed by atoms with Crippen molar-refractivity contribution >= 4 is 17.8 Å². The molecule has 1 heteroatoms. The summed E-state index contributed by atoms with van der Waals surface area (Å²) in [6.45, 7) is 18.0. The summed E-state index contributed by atoms with van der Waals surface area (Å²) in [4.78, 5) is 0. The van der Waals surface area contributed by atoms with Gasteiger partial charge in [0.2, 0.25) is 0 Å². The van der Waals surface area contributed by atoms with Gasteiger partial charge in [0, 0.05) is 17.3 Å². The van der Waals surface area contributed by atoms with Crippen molar-refractivity contribution in [3.63, 3.8) is 0 Å². The number of allylic oxidation sites excluding steroid dienone is 6. The number of rotatable bonds is 10. The topological polar surface area (TPSA) is 12.0 Å². The summed E-state index contributed by atoms with van der Waals surface area (Å²) in [5.74, 6) is 1.22. The van der Waals surface area contributed by atoms with Gasteiger partial charge < -0.3 is 5.32 Å². The molecular weight excluding hydrogens is 326 g/mol. The highest BCUT2D eigenvalue weighted by atomic mass is 14.9. The molecule has 2 atom stereocenters. The molecular formula is C26H33N. The Bertz CT molecular complexity index is 747. The van der Waals surface area contributed by atoms with E-state index in [-0.39, 0.29) is 0 Å². The van der Waals surface area contributed by atoms with Crippen LogP contribution >= 0.6 is 0 Å². The molecule has 1 fully saturated rings. The van der Waals surface area contributed by atoms with Crippen LogP contribution in [0.4, 0.5) is 5.69 Å². The number of anilines is 1. The van der Waals surface area contributed by atoms with Crippen LogP contribution in [0.25, 0.3) is 12.2 Å². The van der Waals surface area contributed by atoms with Crippen LogP contribution in [-0.2, 0) is 0 Å². The summed E-state index contributed by atoms with van der Waals surface area (Å²) < 4.78 is 0. The van der Waals surface area contributed by atoms with E-state index in [2.05, 4.69) is 75.0 Å². The maximum absolute atomic E-state index is 4.38. The maximum atomic E-state index is 4.38. The third-order valence-electron chi connectivity index (χ3n) is 5.45. The largest absolute Gasteiger partial charge is 0.359 e. The van der Waals surface area contributed by atoms with Gasteiger partial charge in [0.1, 0.15) is 0 Å². The summed E-state index contributed by atoms with van der Waals surface area (Å²) in [6.07, 6.45) is 18.1. The lowest BCUT2D eigenvalue weighted by Gasteiger charge is -2.23. The van der Waals surface area contributed by atoms with Crippen molar-refractivity contribution in [1.29, 1.82) is 0 Å². The van der Waals surface area contributed by atoms with Gasteiger partial charge >= 0.3 is 0 Å². The zero-order chi connectivity index (χ0) is 19.6.